The Morgan fingerprint density at radius 1 is 1.10 bits per heavy atom. The van der Waals surface area contributed by atoms with Crippen LogP contribution in [0.3, 0.4) is 0 Å². The molecule has 0 saturated carbocycles. The van der Waals surface area contributed by atoms with Crippen LogP contribution in [-0.4, -0.2) is 12.5 Å². The molecule has 0 bridgehead atoms. The zero-order valence-electron chi connectivity index (χ0n) is 11.5. The van der Waals surface area contributed by atoms with E-state index in [-0.39, 0.29) is 11.7 Å². The lowest BCUT2D eigenvalue weighted by Gasteiger charge is -2.07. The number of hydrogen-bond acceptors (Lipinski definition) is 2. The van der Waals surface area contributed by atoms with Gasteiger partial charge in [-0.3, -0.25) is 4.79 Å². The summed E-state index contributed by atoms with van der Waals surface area (Å²) >= 11 is 0. The van der Waals surface area contributed by atoms with Crippen LogP contribution in [-0.2, 0) is 6.42 Å². The number of carbonyl (C=O) groups is 1. The van der Waals surface area contributed by atoms with Gasteiger partial charge >= 0.3 is 6.61 Å². The van der Waals surface area contributed by atoms with Crippen molar-refractivity contribution >= 4 is 11.6 Å². The number of amides is 1. The van der Waals surface area contributed by atoms with Gasteiger partial charge in [-0.15, -0.1) is 0 Å². The molecule has 0 fully saturated rings. The van der Waals surface area contributed by atoms with Gasteiger partial charge in [-0.2, -0.15) is 8.78 Å². The summed E-state index contributed by atoms with van der Waals surface area (Å²) in [4.78, 5) is 12.0. The van der Waals surface area contributed by atoms with Crippen LogP contribution < -0.4 is 10.1 Å². The third-order valence-corrected chi connectivity index (χ3v) is 2.96. The van der Waals surface area contributed by atoms with Crippen molar-refractivity contribution in [2.75, 3.05) is 5.32 Å². The number of rotatable bonds is 5. The first kappa shape index (κ1) is 15.0. The van der Waals surface area contributed by atoms with E-state index in [0.29, 0.717) is 11.3 Å². The molecule has 0 saturated heterocycles. The number of anilines is 1. The van der Waals surface area contributed by atoms with E-state index in [0.717, 1.165) is 6.42 Å². The maximum absolute atomic E-state index is 12.0. The number of ether oxygens (including phenoxy) is 1. The standard InChI is InChI=1S/C16H15F2NO2/c1-2-11-3-7-13(8-4-11)19-15(20)12-5-9-14(10-6-12)21-16(17)18/h3-10,16H,2H2,1H3,(H,19,20). The lowest BCUT2D eigenvalue weighted by molar-refractivity contribution is -0.0498. The minimum Gasteiger partial charge on any atom is -0.435 e. The van der Waals surface area contributed by atoms with E-state index >= 15 is 0 Å². The number of aryl methyl sites for hydroxylation is 1. The molecular weight excluding hydrogens is 276 g/mol. The molecule has 0 atom stereocenters. The molecule has 1 N–H and O–H groups in total. The second-order valence-corrected chi connectivity index (χ2v) is 4.41. The molecule has 110 valence electrons. The van der Waals surface area contributed by atoms with Crippen molar-refractivity contribution < 1.29 is 18.3 Å². The highest BCUT2D eigenvalue weighted by atomic mass is 19.3. The van der Waals surface area contributed by atoms with Crippen molar-refractivity contribution in [2.24, 2.45) is 0 Å². The molecule has 0 aliphatic carbocycles. The Hall–Kier alpha value is -2.43. The van der Waals surface area contributed by atoms with Gasteiger partial charge in [-0.25, -0.2) is 0 Å². The van der Waals surface area contributed by atoms with Gasteiger partial charge in [0.15, 0.2) is 0 Å². The zero-order valence-corrected chi connectivity index (χ0v) is 11.5. The molecule has 0 aromatic heterocycles. The first-order valence-corrected chi connectivity index (χ1v) is 6.53. The van der Waals surface area contributed by atoms with Crippen molar-refractivity contribution in [3.63, 3.8) is 0 Å². The van der Waals surface area contributed by atoms with Gasteiger partial charge in [-0.05, 0) is 48.4 Å². The molecule has 0 aliphatic rings. The Labute approximate surface area is 121 Å². The Morgan fingerprint density at radius 2 is 1.71 bits per heavy atom. The fourth-order valence-electron chi connectivity index (χ4n) is 1.81. The minimum atomic E-state index is -2.87. The summed E-state index contributed by atoms with van der Waals surface area (Å²) in [7, 11) is 0. The van der Waals surface area contributed by atoms with Crippen LogP contribution in [0.5, 0.6) is 5.75 Å². The summed E-state index contributed by atoms with van der Waals surface area (Å²) in [5.74, 6) is -0.281. The molecule has 5 heteroatoms. The van der Waals surface area contributed by atoms with Gasteiger partial charge in [0.25, 0.3) is 5.91 Å². The van der Waals surface area contributed by atoms with Crippen LogP contribution in [0.25, 0.3) is 0 Å². The van der Waals surface area contributed by atoms with E-state index in [9.17, 15) is 13.6 Å². The van der Waals surface area contributed by atoms with E-state index in [1.807, 2.05) is 24.3 Å². The van der Waals surface area contributed by atoms with E-state index in [2.05, 4.69) is 17.0 Å². The zero-order chi connectivity index (χ0) is 15.2. The Bertz CT molecular complexity index is 595. The summed E-state index contributed by atoms with van der Waals surface area (Å²) in [6, 6.07) is 13.1. The fraction of sp³-hybridized carbons (Fsp3) is 0.188. The third kappa shape index (κ3) is 4.27. The topological polar surface area (TPSA) is 38.3 Å². The molecule has 2 rings (SSSR count). The fourth-order valence-corrected chi connectivity index (χ4v) is 1.81. The summed E-state index contributed by atoms with van der Waals surface area (Å²) in [6.45, 7) is -0.821. The molecule has 2 aromatic carbocycles. The van der Waals surface area contributed by atoms with Crippen LogP contribution in [0.2, 0.25) is 0 Å². The van der Waals surface area contributed by atoms with E-state index < -0.39 is 6.61 Å². The third-order valence-electron chi connectivity index (χ3n) is 2.96. The number of halogens is 2. The van der Waals surface area contributed by atoms with Crippen LogP contribution >= 0.6 is 0 Å². The maximum atomic E-state index is 12.0. The highest BCUT2D eigenvalue weighted by Crippen LogP contribution is 2.16. The summed E-state index contributed by atoms with van der Waals surface area (Å²) in [5.41, 5.74) is 2.24. The number of nitrogens with one attached hydrogen (secondary N) is 1. The molecule has 21 heavy (non-hydrogen) atoms. The highest BCUT2D eigenvalue weighted by Gasteiger charge is 2.08. The first-order valence-electron chi connectivity index (χ1n) is 6.53. The molecule has 0 unspecified atom stereocenters. The van der Waals surface area contributed by atoms with Crippen LogP contribution in [0.4, 0.5) is 14.5 Å². The van der Waals surface area contributed by atoms with Crippen molar-refractivity contribution in [2.45, 2.75) is 20.0 Å². The first-order chi connectivity index (χ1) is 10.1. The van der Waals surface area contributed by atoms with Crippen LogP contribution in [0.15, 0.2) is 48.5 Å². The molecule has 3 nitrogen and oxygen atoms in total. The largest absolute Gasteiger partial charge is 0.435 e. The van der Waals surface area contributed by atoms with E-state index in [1.165, 1.54) is 29.8 Å². The van der Waals surface area contributed by atoms with Gasteiger partial charge in [-0.1, -0.05) is 19.1 Å². The summed E-state index contributed by atoms with van der Waals surface area (Å²) < 4.78 is 28.3. The quantitative estimate of drug-likeness (QED) is 0.900. The number of benzene rings is 2. The summed E-state index contributed by atoms with van der Waals surface area (Å²) in [5, 5.41) is 2.74. The predicted octanol–water partition coefficient (Wildman–Crippen LogP) is 4.10. The van der Waals surface area contributed by atoms with E-state index in [4.69, 9.17) is 0 Å². The Morgan fingerprint density at radius 3 is 2.24 bits per heavy atom. The Kier molecular flexibility index (Phi) is 4.87. The van der Waals surface area contributed by atoms with Gasteiger partial charge in [0.2, 0.25) is 0 Å². The normalized spacial score (nSPS) is 10.5. The summed E-state index contributed by atoms with van der Waals surface area (Å²) in [6.07, 6.45) is 0.930. The number of alkyl halides is 2. The smallest absolute Gasteiger partial charge is 0.387 e. The molecule has 2 aromatic rings. The van der Waals surface area contributed by atoms with Gasteiger partial charge in [0.05, 0.1) is 0 Å². The minimum absolute atomic E-state index is 0.0221. The SMILES string of the molecule is CCc1ccc(NC(=O)c2ccc(OC(F)F)cc2)cc1. The van der Waals surface area contributed by atoms with Gasteiger partial charge in [0.1, 0.15) is 5.75 Å². The average Bonchev–Trinajstić information content (AvgIpc) is 2.48. The van der Waals surface area contributed by atoms with Crippen molar-refractivity contribution in [1.29, 1.82) is 0 Å². The molecular formula is C16H15F2NO2. The Balaban J connectivity index is 2.02. The molecule has 1 amide bonds. The highest BCUT2D eigenvalue weighted by molar-refractivity contribution is 6.04. The second-order valence-electron chi connectivity index (χ2n) is 4.41. The molecule has 0 heterocycles. The van der Waals surface area contributed by atoms with Gasteiger partial charge < -0.3 is 10.1 Å². The maximum Gasteiger partial charge on any atom is 0.387 e. The lowest BCUT2D eigenvalue weighted by Crippen LogP contribution is -2.12. The van der Waals surface area contributed by atoms with Crippen LogP contribution in [0, 0.1) is 0 Å². The molecule has 0 radical (unpaired) electrons. The number of hydrogen-bond donors (Lipinski definition) is 1. The van der Waals surface area contributed by atoms with Crippen molar-refractivity contribution in [1.82, 2.24) is 0 Å². The molecule has 0 aliphatic heterocycles. The van der Waals surface area contributed by atoms with Gasteiger partial charge in [0, 0.05) is 11.3 Å². The predicted molar refractivity (Wildman–Crippen MR) is 76.8 cm³/mol. The van der Waals surface area contributed by atoms with Crippen molar-refractivity contribution in [3.8, 4) is 5.75 Å². The molecule has 0 spiro atoms. The van der Waals surface area contributed by atoms with E-state index in [1.54, 1.807) is 0 Å². The average molecular weight is 291 g/mol. The number of carbonyl (C=O) groups excluding carboxylic acids is 1. The monoisotopic (exact) mass is 291 g/mol. The second kappa shape index (κ2) is 6.83. The van der Waals surface area contributed by atoms with Crippen molar-refractivity contribution in [3.05, 3.63) is 59.7 Å². The lowest BCUT2D eigenvalue weighted by atomic mass is 10.1. The van der Waals surface area contributed by atoms with Crippen LogP contribution in [0.1, 0.15) is 22.8 Å².